The van der Waals surface area contributed by atoms with Crippen molar-refractivity contribution in [3.05, 3.63) is 87.8 Å². The molecule has 1 N–H and O–H groups in total. The molecule has 2 aromatic carbocycles. The van der Waals surface area contributed by atoms with Gasteiger partial charge in [-0.1, -0.05) is 41.5 Å². The van der Waals surface area contributed by atoms with Crippen molar-refractivity contribution in [2.24, 2.45) is 0 Å². The summed E-state index contributed by atoms with van der Waals surface area (Å²) in [5.41, 5.74) is 1.83. The van der Waals surface area contributed by atoms with E-state index in [0.29, 0.717) is 5.75 Å². The molecule has 3 rings (SSSR count). The van der Waals surface area contributed by atoms with E-state index in [2.05, 4.69) is 19.9 Å². The summed E-state index contributed by atoms with van der Waals surface area (Å²) < 4.78 is 16.2. The molecule has 0 fully saturated rings. The Labute approximate surface area is 186 Å². The van der Waals surface area contributed by atoms with Crippen molar-refractivity contribution in [1.82, 2.24) is 0 Å². The van der Waals surface area contributed by atoms with E-state index in [4.69, 9.17) is 13.9 Å². The summed E-state index contributed by atoms with van der Waals surface area (Å²) in [7, 11) is 0. The number of benzene rings is 2. The van der Waals surface area contributed by atoms with E-state index in [1.165, 1.54) is 11.1 Å². The van der Waals surface area contributed by atoms with Gasteiger partial charge in [0.15, 0.2) is 17.1 Å². The first kappa shape index (κ1) is 22.9. The third kappa shape index (κ3) is 5.66. The number of aromatic hydroxyl groups is 1. The van der Waals surface area contributed by atoms with Crippen LogP contribution in [0, 0.1) is 0 Å². The van der Waals surface area contributed by atoms with Crippen LogP contribution in [0.3, 0.4) is 0 Å². The number of ether oxygens (including phenoxy) is 2. The molecular weight excluding hydrogens is 408 g/mol. The Morgan fingerprint density at radius 3 is 2.50 bits per heavy atom. The number of fused-ring (bicyclic) bond motifs is 1. The van der Waals surface area contributed by atoms with Gasteiger partial charge in [0, 0.05) is 0 Å². The van der Waals surface area contributed by atoms with Crippen molar-refractivity contribution in [3.8, 4) is 17.2 Å². The van der Waals surface area contributed by atoms with Crippen molar-refractivity contribution in [2.75, 3.05) is 6.61 Å². The second kappa shape index (κ2) is 10.5. The first-order chi connectivity index (χ1) is 15.4. The molecule has 0 aliphatic rings. The van der Waals surface area contributed by atoms with Gasteiger partial charge >= 0.3 is 11.6 Å². The zero-order chi connectivity index (χ0) is 23.1. The molecule has 0 saturated carbocycles. The van der Waals surface area contributed by atoms with E-state index < -0.39 is 23.1 Å². The molecule has 0 saturated heterocycles. The van der Waals surface area contributed by atoms with E-state index in [1.54, 1.807) is 48.5 Å². The number of carbonyl (C=O) groups excluding carboxylic acids is 1. The molecule has 0 atom stereocenters. The molecule has 1 heterocycles. The standard InChI is InChI=1S/C26H26O6/c1-17(2)9-7-10-18(3)15-16-30-21-14-8-13-20-22(27)24(26(29)31-23(20)21)32-25(28)19-11-5-4-6-12-19/h4-6,8-9,11-15,27H,7,10,16H2,1-3H3. The van der Waals surface area contributed by atoms with Crippen LogP contribution >= 0.6 is 0 Å². The van der Waals surface area contributed by atoms with Crippen LogP contribution in [0.2, 0.25) is 0 Å². The second-order valence-corrected chi connectivity index (χ2v) is 7.64. The Bertz CT molecular complexity index is 1210. The predicted molar refractivity (Wildman–Crippen MR) is 123 cm³/mol. The average molecular weight is 434 g/mol. The monoisotopic (exact) mass is 434 g/mol. The van der Waals surface area contributed by atoms with Crippen molar-refractivity contribution in [3.63, 3.8) is 0 Å². The van der Waals surface area contributed by atoms with E-state index in [0.717, 1.165) is 12.8 Å². The lowest BCUT2D eigenvalue weighted by atomic mass is 10.1. The Morgan fingerprint density at radius 2 is 1.78 bits per heavy atom. The number of rotatable bonds is 8. The number of hydrogen-bond acceptors (Lipinski definition) is 6. The normalized spacial score (nSPS) is 11.3. The molecule has 1 aromatic heterocycles. The van der Waals surface area contributed by atoms with Crippen LogP contribution in [0.25, 0.3) is 11.0 Å². The molecule has 32 heavy (non-hydrogen) atoms. The second-order valence-electron chi connectivity index (χ2n) is 7.64. The lowest BCUT2D eigenvalue weighted by molar-refractivity contribution is 0.0723. The molecule has 6 nitrogen and oxygen atoms in total. The Morgan fingerprint density at radius 1 is 1.03 bits per heavy atom. The highest BCUT2D eigenvalue weighted by atomic mass is 16.6. The molecule has 0 amide bonds. The minimum absolute atomic E-state index is 0.0881. The van der Waals surface area contributed by atoms with Gasteiger partial charge in [-0.2, -0.15) is 0 Å². The first-order valence-electron chi connectivity index (χ1n) is 10.3. The van der Waals surface area contributed by atoms with Gasteiger partial charge in [-0.15, -0.1) is 0 Å². The van der Waals surface area contributed by atoms with Gasteiger partial charge in [-0.05, 0) is 64.0 Å². The highest BCUT2D eigenvalue weighted by molar-refractivity contribution is 5.94. The van der Waals surface area contributed by atoms with Crippen LogP contribution in [0.1, 0.15) is 44.0 Å². The zero-order valence-electron chi connectivity index (χ0n) is 18.4. The zero-order valence-corrected chi connectivity index (χ0v) is 18.4. The van der Waals surface area contributed by atoms with Crippen molar-refractivity contribution >= 4 is 16.9 Å². The lowest BCUT2D eigenvalue weighted by Gasteiger charge is -2.10. The third-order valence-corrected chi connectivity index (χ3v) is 4.80. The van der Waals surface area contributed by atoms with Crippen LogP contribution < -0.4 is 15.1 Å². The maximum Gasteiger partial charge on any atom is 0.383 e. The number of hydrogen-bond donors (Lipinski definition) is 1. The third-order valence-electron chi connectivity index (χ3n) is 4.80. The lowest BCUT2D eigenvalue weighted by Crippen LogP contribution is -2.14. The van der Waals surface area contributed by atoms with Gasteiger partial charge in [-0.3, -0.25) is 0 Å². The first-order valence-corrected chi connectivity index (χ1v) is 10.3. The number of carbonyl (C=O) groups is 1. The summed E-state index contributed by atoms with van der Waals surface area (Å²) in [6.45, 7) is 6.46. The Hall–Kier alpha value is -3.80. The Balaban J connectivity index is 1.80. The van der Waals surface area contributed by atoms with Gasteiger partial charge in [0.1, 0.15) is 6.61 Å². The van der Waals surface area contributed by atoms with E-state index in [1.807, 2.05) is 13.0 Å². The highest BCUT2D eigenvalue weighted by Gasteiger charge is 2.21. The van der Waals surface area contributed by atoms with Crippen LogP contribution in [0.5, 0.6) is 17.2 Å². The summed E-state index contributed by atoms with van der Waals surface area (Å²) in [6, 6.07) is 13.0. The molecule has 0 bridgehead atoms. The average Bonchev–Trinajstić information content (AvgIpc) is 2.77. The molecule has 0 unspecified atom stereocenters. The molecule has 0 aliphatic carbocycles. The highest BCUT2D eigenvalue weighted by Crippen LogP contribution is 2.36. The Kier molecular flexibility index (Phi) is 7.49. The van der Waals surface area contributed by atoms with E-state index in [-0.39, 0.29) is 23.1 Å². The number of allylic oxidation sites excluding steroid dienone is 3. The summed E-state index contributed by atoms with van der Waals surface area (Å²) in [5, 5.41) is 10.8. The molecule has 6 heteroatoms. The van der Waals surface area contributed by atoms with Gasteiger partial charge < -0.3 is 19.0 Å². The van der Waals surface area contributed by atoms with Gasteiger partial charge in [0.2, 0.25) is 0 Å². The van der Waals surface area contributed by atoms with Crippen LogP contribution in [-0.4, -0.2) is 17.7 Å². The predicted octanol–water partition coefficient (Wildman–Crippen LogP) is 5.79. The fourth-order valence-electron chi connectivity index (χ4n) is 3.06. The quantitative estimate of drug-likeness (QED) is 0.274. The minimum Gasteiger partial charge on any atom is -0.504 e. The molecule has 3 aromatic rings. The number of esters is 1. The van der Waals surface area contributed by atoms with Crippen molar-refractivity contribution in [1.29, 1.82) is 0 Å². The smallest absolute Gasteiger partial charge is 0.383 e. The maximum absolute atomic E-state index is 12.5. The van der Waals surface area contributed by atoms with Crippen LogP contribution in [0.15, 0.2) is 81.0 Å². The van der Waals surface area contributed by atoms with Crippen molar-refractivity contribution < 1.29 is 23.8 Å². The molecule has 166 valence electrons. The largest absolute Gasteiger partial charge is 0.504 e. The number of para-hydroxylation sites is 1. The minimum atomic E-state index is -0.969. The van der Waals surface area contributed by atoms with Gasteiger partial charge in [-0.25, -0.2) is 9.59 Å². The van der Waals surface area contributed by atoms with Gasteiger partial charge in [0.05, 0.1) is 10.9 Å². The maximum atomic E-state index is 12.5. The SMILES string of the molecule is CC(C)=CCCC(C)=CCOc1cccc2c(O)c(OC(=O)c3ccccc3)c(=O)oc12. The van der Waals surface area contributed by atoms with Crippen LogP contribution in [0.4, 0.5) is 0 Å². The van der Waals surface area contributed by atoms with Crippen molar-refractivity contribution in [2.45, 2.75) is 33.6 Å². The summed E-state index contributed by atoms with van der Waals surface area (Å²) in [4.78, 5) is 24.7. The molecule has 0 radical (unpaired) electrons. The fraction of sp³-hybridized carbons (Fsp3) is 0.231. The fourth-order valence-corrected chi connectivity index (χ4v) is 3.06. The van der Waals surface area contributed by atoms with E-state index >= 15 is 0 Å². The van der Waals surface area contributed by atoms with Gasteiger partial charge in [0.25, 0.3) is 5.75 Å². The van der Waals surface area contributed by atoms with E-state index in [9.17, 15) is 14.7 Å². The summed E-state index contributed by atoms with van der Waals surface area (Å²) >= 11 is 0. The molecular formula is C26H26O6. The molecule has 0 spiro atoms. The summed E-state index contributed by atoms with van der Waals surface area (Å²) in [5.74, 6) is -1.49. The summed E-state index contributed by atoms with van der Waals surface area (Å²) in [6.07, 6.45) is 6.04. The molecule has 0 aliphatic heterocycles. The topological polar surface area (TPSA) is 86.0 Å². The van der Waals surface area contributed by atoms with Crippen LogP contribution in [-0.2, 0) is 0 Å².